The molecule has 0 atom stereocenters. The van der Waals surface area contributed by atoms with Crippen molar-refractivity contribution in [3.63, 3.8) is 0 Å². The van der Waals surface area contributed by atoms with E-state index in [9.17, 15) is 8.78 Å². The van der Waals surface area contributed by atoms with Crippen molar-refractivity contribution >= 4 is 5.96 Å². The Morgan fingerprint density at radius 1 is 1.26 bits per heavy atom. The zero-order chi connectivity index (χ0) is 14.1. The Kier molecular flexibility index (Phi) is 6.81. The molecule has 0 amide bonds. The summed E-state index contributed by atoms with van der Waals surface area (Å²) in [5.74, 6) is 4.68. The average molecular weight is 270 g/mol. The van der Waals surface area contributed by atoms with Crippen LogP contribution in [0.15, 0.2) is 23.2 Å². The number of aliphatic imine (C=N–C) groups is 1. The number of hydrogen-bond acceptors (Lipinski definition) is 2. The minimum absolute atomic E-state index is 0.489. The molecule has 0 fully saturated rings. The molecule has 4 nitrogen and oxygen atoms in total. The molecule has 0 heterocycles. The first kappa shape index (κ1) is 15.4. The Morgan fingerprint density at radius 2 is 1.95 bits per heavy atom. The first-order valence-electron chi connectivity index (χ1n) is 6.35. The molecule has 106 valence electrons. The molecule has 0 aromatic heterocycles. The van der Waals surface area contributed by atoms with E-state index in [1.807, 2.05) is 0 Å². The van der Waals surface area contributed by atoms with Crippen LogP contribution in [0.5, 0.6) is 0 Å². The monoisotopic (exact) mass is 270 g/mol. The zero-order valence-electron chi connectivity index (χ0n) is 11.0. The molecular formula is C13H20F2N4. The van der Waals surface area contributed by atoms with Gasteiger partial charge in [0, 0.05) is 19.2 Å². The molecule has 4 N–H and O–H groups in total. The number of rotatable bonds is 6. The number of hydrazine groups is 1. The molecule has 0 radical (unpaired) electrons. The first-order valence-corrected chi connectivity index (χ1v) is 6.35. The van der Waals surface area contributed by atoms with Crippen LogP contribution in [0.3, 0.4) is 0 Å². The summed E-state index contributed by atoms with van der Waals surface area (Å²) < 4.78 is 25.9. The number of nitrogens with one attached hydrogen (secondary N) is 2. The Hall–Kier alpha value is -1.69. The van der Waals surface area contributed by atoms with Gasteiger partial charge in [-0.1, -0.05) is 13.3 Å². The molecule has 1 aromatic carbocycles. The van der Waals surface area contributed by atoms with Gasteiger partial charge in [-0.25, -0.2) is 14.6 Å². The summed E-state index contributed by atoms with van der Waals surface area (Å²) in [4.78, 5) is 4.22. The van der Waals surface area contributed by atoms with Gasteiger partial charge in [0.25, 0.3) is 0 Å². The van der Waals surface area contributed by atoms with E-state index < -0.39 is 11.6 Å². The van der Waals surface area contributed by atoms with Crippen molar-refractivity contribution in [3.8, 4) is 0 Å². The first-order chi connectivity index (χ1) is 9.15. The highest BCUT2D eigenvalue weighted by atomic mass is 19.1. The molecule has 0 spiro atoms. The van der Waals surface area contributed by atoms with Crippen LogP contribution in [-0.4, -0.2) is 19.0 Å². The molecule has 1 aromatic rings. The van der Waals surface area contributed by atoms with E-state index in [0.717, 1.165) is 18.9 Å². The summed E-state index contributed by atoms with van der Waals surface area (Å²) in [5, 5.41) is 2.98. The van der Waals surface area contributed by atoms with Gasteiger partial charge in [0.15, 0.2) is 0 Å². The van der Waals surface area contributed by atoms with Gasteiger partial charge in [0.05, 0.1) is 0 Å². The van der Waals surface area contributed by atoms with E-state index in [-0.39, 0.29) is 0 Å². The van der Waals surface area contributed by atoms with Crippen molar-refractivity contribution in [2.75, 3.05) is 13.1 Å². The van der Waals surface area contributed by atoms with Gasteiger partial charge in [0.2, 0.25) is 5.96 Å². The smallest absolute Gasteiger partial charge is 0.205 e. The second-order valence-corrected chi connectivity index (χ2v) is 4.18. The topological polar surface area (TPSA) is 62.4 Å². The third-order valence-corrected chi connectivity index (χ3v) is 2.55. The average Bonchev–Trinajstić information content (AvgIpc) is 2.36. The van der Waals surface area contributed by atoms with Gasteiger partial charge in [-0.3, -0.25) is 10.4 Å². The maximum absolute atomic E-state index is 13.0. The predicted octanol–water partition coefficient (Wildman–Crippen LogP) is 1.72. The van der Waals surface area contributed by atoms with Gasteiger partial charge in [-0.15, -0.1) is 0 Å². The van der Waals surface area contributed by atoms with Crippen LogP contribution in [-0.2, 0) is 6.42 Å². The van der Waals surface area contributed by atoms with Crippen molar-refractivity contribution in [1.29, 1.82) is 0 Å². The van der Waals surface area contributed by atoms with E-state index in [1.165, 1.54) is 12.1 Å². The maximum Gasteiger partial charge on any atom is 0.205 e. The summed E-state index contributed by atoms with van der Waals surface area (Å²) in [6.45, 7) is 3.27. The van der Waals surface area contributed by atoms with Crippen LogP contribution < -0.4 is 16.6 Å². The molecule has 0 saturated carbocycles. The molecule has 0 aliphatic rings. The summed E-state index contributed by atoms with van der Waals surface area (Å²) in [5.41, 5.74) is 3.05. The summed E-state index contributed by atoms with van der Waals surface area (Å²) in [6, 6.07) is 3.49. The largest absolute Gasteiger partial charge is 0.355 e. The van der Waals surface area contributed by atoms with Gasteiger partial charge < -0.3 is 5.32 Å². The fourth-order valence-electron chi connectivity index (χ4n) is 1.58. The fourth-order valence-corrected chi connectivity index (χ4v) is 1.58. The predicted molar refractivity (Wildman–Crippen MR) is 72.6 cm³/mol. The van der Waals surface area contributed by atoms with Gasteiger partial charge in [0.1, 0.15) is 11.6 Å². The number of hydrogen-bond donors (Lipinski definition) is 3. The Balaban J connectivity index is 2.41. The maximum atomic E-state index is 13.0. The van der Waals surface area contributed by atoms with Crippen molar-refractivity contribution in [2.45, 2.75) is 26.2 Å². The summed E-state index contributed by atoms with van der Waals surface area (Å²) in [6.07, 6.45) is 2.54. The Labute approximate surface area is 112 Å². The van der Waals surface area contributed by atoms with E-state index in [2.05, 4.69) is 22.7 Å². The van der Waals surface area contributed by atoms with Crippen molar-refractivity contribution in [1.82, 2.24) is 10.7 Å². The molecule has 0 aliphatic carbocycles. The van der Waals surface area contributed by atoms with Crippen LogP contribution in [0.2, 0.25) is 0 Å². The number of nitrogens with two attached hydrogens (primary N) is 1. The number of nitrogens with zero attached hydrogens (tertiary/aromatic N) is 1. The normalized spacial score (nSPS) is 11.5. The molecule has 1 rings (SSSR count). The lowest BCUT2D eigenvalue weighted by molar-refractivity contribution is 0.579. The third-order valence-electron chi connectivity index (χ3n) is 2.55. The molecule has 0 bridgehead atoms. The van der Waals surface area contributed by atoms with E-state index in [0.29, 0.717) is 31.0 Å². The molecule has 6 heteroatoms. The third kappa shape index (κ3) is 6.15. The second kappa shape index (κ2) is 8.42. The minimum atomic E-state index is -0.566. The summed E-state index contributed by atoms with van der Waals surface area (Å²) in [7, 11) is 0. The standard InChI is InChI=1S/C13H20F2N4/c1-2-3-5-17-13(19-16)18-6-4-10-7-11(14)9-12(15)8-10/h7-9H,2-6,16H2,1H3,(H2,17,18,19). The van der Waals surface area contributed by atoms with Crippen molar-refractivity contribution in [2.24, 2.45) is 10.8 Å². The quantitative estimate of drug-likeness (QED) is 0.242. The molecule has 0 unspecified atom stereocenters. The van der Waals surface area contributed by atoms with Crippen molar-refractivity contribution in [3.05, 3.63) is 35.4 Å². The van der Waals surface area contributed by atoms with Crippen molar-refractivity contribution < 1.29 is 8.78 Å². The molecular weight excluding hydrogens is 250 g/mol. The van der Waals surface area contributed by atoms with Gasteiger partial charge >= 0.3 is 0 Å². The lowest BCUT2D eigenvalue weighted by Gasteiger charge is -2.09. The number of unbranched alkanes of at least 4 members (excludes halogenated alkanes) is 1. The highest BCUT2D eigenvalue weighted by Gasteiger charge is 2.01. The Morgan fingerprint density at radius 3 is 2.53 bits per heavy atom. The number of halogens is 2. The van der Waals surface area contributed by atoms with Gasteiger partial charge in [-0.2, -0.15) is 0 Å². The summed E-state index contributed by atoms with van der Waals surface area (Å²) >= 11 is 0. The molecule has 0 saturated heterocycles. The number of guanidine groups is 1. The SMILES string of the molecule is CCCCN=C(NN)NCCc1cc(F)cc(F)c1. The van der Waals surface area contributed by atoms with Crippen LogP contribution in [0.4, 0.5) is 8.78 Å². The zero-order valence-corrected chi connectivity index (χ0v) is 11.0. The highest BCUT2D eigenvalue weighted by molar-refractivity contribution is 5.79. The van der Waals surface area contributed by atoms with Crippen LogP contribution in [0.25, 0.3) is 0 Å². The van der Waals surface area contributed by atoms with E-state index in [4.69, 9.17) is 5.84 Å². The molecule has 19 heavy (non-hydrogen) atoms. The van der Waals surface area contributed by atoms with Crippen LogP contribution >= 0.6 is 0 Å². The van der Waals surface area contributed by atoms with Crippen LogP contribution in [0, 0.1) is 11.6 Å². The highest BCUT2D eigenvalue weighted by Crippen LogP contribution is 2.07. The number of benzene rings is 1. The second-order valence-electron chi connectivity index (χ2n) is 4.18. The lowest BCUT2D eigenvalue weighted by Crippen LogP contribution is -2.42. The minimum Gasteiger partial charge on any atom is -0.355 e. The Bertz CT molecular complexity index is 401. The van der Waals surface area contributed by atoms with E-state index in [1.54, 1.807) is 0 Å². The van der Waals surface area contributed by atoms with Gasteiger partial charge in [-0.05, 0) is 30.5 Å². The molecule has 0 aliphatic heterocycles. The van der Waals surface area contributed by atoms with E-state index >= 15 is 0 Å². The van der Waals surface area contributed by atoms with Crippen LogP contribution in [0.1, 0.15) is 25.3 Å². The lowest BCUT2D eigenvalue weighted by atomic mass is 10.1. The fraction of sp³-hybridized carbons (Fsp3) is 0.462.